The van der Waals surface area contributed by atoms with Crippen LogP contribution in [0.3, 0.4) is 0 Å². The molecule has 0 aromatic carbocycles. The van der Waals surface area contributed by atoms with Crippen LogP contribution in [0.5, 0.6) is 0 Å². The standard InChI is InChI=1S/C12H19NO5/c14-8-5-10(12(16)17)13(7-8)11(15)6-9-3-1-2-4-18-9/h8-10,14H,1-7H2,(H,16,17). The Kier molecular flexibility index (Phi) is 4.19. The van der Waals surface area contributed by atoms with Crippen molar-refractivity contribution in [1.82, 2.24) is 4.90 Å². The van der Waals surface area contributed by atoms with Gasteiger partial charge in [0, 0.05) is 19.6 Å². The highest BCUT2D eigenvalue weighted by Gasteiger charge is 2.39. The second-order valence-corrected chi connectivity index (χ2v) is 4.98. The van der Waals surface area contributed by atoms with Crippen molar-refractivity contribution in [3.8, 4) is 0 Å². The minimum atomic E-state index is -1.05. The lowest BCUT2D eigenvalue weighted by Crippen LogP contribution is -2.42. The van der Waals surface area contributed by atoms with Crippen molar-refractivity contribution in [2.24, 2.45) is 0 Å². The monoisotopic (exact) mass is 257 g/mol. The largest absolute Gasteiger partial charge is 0.480 e. The summed E-state index contributed by atoms with van der Waals surface area (Å²) in [6.07, 6.45) is 2.41. The number of aliphatic hydroxyl groups excluding tert-OH is 1. The average Bonchev–Trinajstić information content (AvgIpc) is 2.73. The van der Waals surface area contributed by atoms with Crippen LogP contribution in [0.25, 0.3) is 0 Å². The highest BCUT2D eigenvalue weighted by Crippen LogP contribution is 2.22. The molecular formula is C12H19NO5. The fraction of sp³-hybridized carbons (Fsp3) is 0.833. The van der Waals surface area contributed by atoms with E-state index in [1.165, 1.54) is 4.90 Å². The number of aliphatic carboxylic acids is 1. The predicted octanol–water partition coefficient (Wildman–Crippen LogP) is -0.00800. The third kappa shape index (κ3) is 3.00. The van der Waals surface area contributed by atoms with Crippen molar-refractivity contribution in [3.63, 3.8) is 0 Å². The summed E-state index contributed by atoms with van der Waals surface area (Å²) in [6, 6.07) is -0.893. The van der Waals surface area contributed by atoms with E-state index in [2.05, 4.69) is 0 Å². The molecule has 0 spiro atoms. The topological polar surface area (TPSA) is 87.1 Å². The molecule has 2 N–H and O–H groups in total. The van der Waals surface area contributed by atoms with Crippen molar-refractivity contribution < 1.29 is 24.5 Å². The fourth-order valence-electron chi connectivity index (χ4n) is 2.60. The van der Waals surface area contributed by atoms with Gasteiger partial charge in [0.05, 0.1) is 18.6 Å². The molecule has 0 saturated carbocycles. The number of nitrogens with zero attached hydrogens (tertiary/aromatic N) is 1. The second-order valence-electron chi connectivity index (χ2n) is 4.98. The second kappa shape index (κ2) is 5.67. The molecule has 1 amide bonds. The van der Waals surface area contributed by atoms with Gasteiger partial charge in [-0.1, -0.05) is 0 Å². The number of likely N-dealkylation sites (tertiary alicyclic amines) is 1. The van der Waals surface area contributed by atoms with Crippen LogP contribution in [0.4, 0.5) is 0 Å². The first-order valence-corrected chi connectivity index (χ1v) is 6.40. The summed E-state index contributed by atoms with van der Waals surface area (Å²) in [5.41, 5.74) is 0. The lowest BCUT2D eigenvalue weighted by Gasteiger charge is -2.26. The molecule has 2 rings (SSSR count). The number of rotatable bonds is 3. The van der Waals surface area contributed by atoms with Crippen LogP contribution in [-0.2, 0) is 14.3 Å². The van der Waals surface area contributed by atoms with Gasteiger partial charge in [0.25, 0.3) is 0 Å². The number of hydrogen-bond acceptors (Lipinski definition) is 4. The molecule has 6 heteroatoms. The third-order valence-electron chi connectivity index (χ3n) is 3.56. The van der Waals surface area contributed by atoms with Crippen molar-refractivity contribution in [3.05, 3.63) is 0 Å². The summed E-state index contributed by atoms with van der Waals surface area (Å²) in [7, 11) is 0. The third-order valence-corrected chi connectivity index (χ3v) is 3.56. The zero-order valence-electron chi connectivity index (χ0n) is 10.2. The van der Waals surface area contributed by atoms with E-state index >= 15 is 0 Å². The smallest absolute Gasteiger partial charge is 0.326 e. The molecule has 2 fully saturated rings. The normalized spacial score (nSPS) is 32.5. The summed E-state index contributed by atoms with van der Waals surface area (Å²) in [5, 5.41) is 18.5. The molecule has 0 radical (unpaired) electrons. The zero-order valence-corrected chi connectivity index (χ0v) is 10.2. The molecule has 102 valence electrons. The molecule has 0 aromatic heterocycles. The Morgan fingerprint density at radius 2 is 2.11 bits per heavy atom. The maximum atomic E-state index is 12.0. The Balaban J connectivity index is 1.92. The Morgan fingerprint density at radius 3 is 2.72 bits per heavy atom. The van der Waals surface area contributed by atoms with E-state index in [1.54, 1.807) is 0 Å². The first kappa shape index (κ1) is 13.3. The SMILES string of the molecule is O=C(O)C1CC(O)CN1C(=O)CC1CCCCO1. The Labute approximate surface area is 106 Å². The molecule has 0 aromatic rings. The van der Waals surface area contributed by atoms with Crippen LogP contribution in [0, 0.1) is 0 Å². The van der Waals surface area contributed by atoms with E-state index in [0.29, 0.717) is 6.61 Å². The van der Waals surface area contributed by atoms with Gasteiger partial charge in [-0.15, -0.1) is 0 Å². The van der Waals surface area contributed by atoms with Crippen molar-refractivity contribution in [2.45, 2.75) is 50.4 Å². The van der Waals surface area contributed by atoms with Gasteiger partial charge in [-0.05, 0) is 19.3 Å². The number of hydrogen-bond donors (Lipinski definition) is 2. The highest BCUT2D eigenvalue weighted by molar-refractivity contribution is 5.84. The molecule has 0 bridgehead atoms. The minimum absolute atomic E-state index is 0.0987. The number of β-amino-alcohol motifs (C(OH)–C–C–N with tert-alkyl or cyclic N) is 1. The molecule has 2 heterocycles. The molecule has 0 aliphatic carbocycles. The Hall–Kier alpha value is -1.14. The van der Waals surface area contributed by atoms with Gasteiger partial charge in [0.2, 0.25) is 5.91 Å². The van der Waals surface area contributed by atoms with Crippen LogP contribution >= 0.6 is 0 Å². The summed E-state index contributed by atoms with van der Waals surface area (Å²) < 4.78 is 5.47. The van der Waals surface area contributed by atoms with Crippen LogP contribution in [0.1, 0.15) is 32.1 Å². The maximum Gasteiger partial charge on any atom is 0.326 e. The zero-order chi connectivity index (χ0) is 13.1. The molecular weight excluding hydrogens is 238 g/mol. The van der Waals surface area contributed by atoms with Gasteiger partial charge in [0.15, 0.2) is 0 Å². The summed E-state index contributed by atoms with van der Waals surface area (Å²) in [4.78, 5) is 24.3. The van der Waals surface area contributed by atoms with Gasteiger partial charge in [-0.3, -0.25) is 4.79 Å². The minimum Gasteiger partial charge on any atom is -0.480 e. The first-order valence-electron chi connectivity index (χ1n) is 6.40. The van der Waals surface area contributed by atoms with Gasteiger partial charge >= 0.3 is 5.97 Å². The summed E-state index contributed by atoms with van der Waals surface area (Å²) in [6.45, 7) is 0.783. The Bertz CT molecular complexity index is 326. The van der Waals surface area contributed by atoms with Crippen LogP contribution < -0.4 is 0 Å². The maximum absolute atomic E-state index is 12.0. The summed E-state index contributed by atoms with van der Waals surface area (Å²) in [5.74, 6) is -1.28. The first-order chi connectivity index (χ1) is 8.58. The van der Waals surface area contributed by atoms with E-state index in [1.807, 2.05) is 0 Å². The van der Waals surface area contributed by atoms with E-state index < -0.39 is 18.1 Å². The predicted molar refractivity (Wildman–Crippen MR) is 62.0 cm³/mol. The lowest BCUT2D eigenvalue weighted by atomic mass is 10.1. The lowest BCUT2D eigenvalue weighted by molar-refractivity contribution is -0.149. The molecule has 3 atom stereocenters. The molecule has 18 heavy (non-hydrogen) atoms. The van der Waals surface area contributed by atoms with Crippen molar-refractivity contribution in [2.75, 3.05) is 13.2 Å². The molecule has 2 aliphatic rings. The average molecular weight is 257 g/mol. The van der Waals surface area contributed by atoms with Crippen molar-refractivity contribution >= 4 is 11.9 Å². The van der Waals surface area contributed by atoms with Crippen LogP contribution in [-0.4, -0.2) is 58.4 Å². The van der Waals surface area contributed by atoms with Crippen LogP contribution in [0.2, 0.25) is 0 Å². The van der Waals surface area contributed by atoms with Crippen LogP contribution in [0.15, 0.2) is 0 Å². The number of carboxylic acids is 1. The van der Waals surface area contributed by atoms with E-state index in [0.717, 1.165) is 19.3 Å². The van der Waals surface area contributed by atoms with Gasteiger partial charge in [-0.2, -0.15) is 0 Å². The molecule has 6 nitrogen and oxygen atoms in total. The van der Waals surface area contributed by atoms with E-state index in [9.17, 15) is 14.7 Å². The molecule has 2 saturated heterocycles. The van der Waals surface area contributed by atoms with Gasteiger partial charge < -0.3 is 19.8 Å². The number of amides is 1. The van der Waals surface area contributed by atoms with Crippen molar-refractivity contribution in [1.29, 1.82) is 0 Å². The van der Waals surface area contributed by atoms with Gasteiger partial charge in [0.1, 0.15) is 6.04 Å². The number of aliphatic hydroxyl groups is 1. The van der Waals surface area contributed by atoms with E-state index in [-0.39, 0.29) is 31.4 Å². The fourth-order valence-corrected chi connectivity index (χ4v) is 2.60. The quantitative estimate of drug-likeness (QED) is 0.742. The van der Waals surface area contributed by atoms with E-state index in [4.69, 9.17) is 9.84 Å². The number of carboxylic acid groups (broad SMARTS) is 1. The molecule has 2 aliphatic heterocycles. The molecule has 3 unspecified atom stereocenters. The Morgan fingerprint density at radius 1 is 1.33 bits per heavy atom. The number of carbonyl (C=O) groups is 2. The number of carbonyl (C=O) groups excluding carboxylic acids is 1. The summed E-state index contributed by atoms with van der Waals surface area (Å²) >= 11 is 0. The highest BCUT2D eigenvalue weighted by atomic mass is 16.5. The number of ether oxygens (including phenoxy) is 1. The van der Waals surface area contributed by atoms with Gasteiger partial charge in [-0.25, -0.2) is 4.79 Å².